The van der Waals surface area contributed by atoms with E-state index in [1.54, 1.807) is 0 Å². The Bertz CT molecular complexity index is 1220. The number of ether oxygens (including phenoxy) is 1. The smallest absolute Gasteiger partial charge is 0.193 e. The van der Waals surface area contributed by atoms with Crippen LogP contribution in [0.5, 0.6) is 0 Å². The average molecular weight is 557 g/mol. The van der Waals surface area contributed by atoms with Crippen molar-refractivity contribution in [1.29, 1.82) is 0 Å². The van der Waals surface area contributed by atoms with Gasteiger partial charge in [0.05, 0.1) is 13.2 Å². The van der Waals surface area contributed by atoms with Crippen LogP contribution in [-0.2, 0) is 17.8 Å². The second-order valence-corrected chi connectivity index (χ2v) is 9.50. The molecular formula is C32H30BrNO3. The summed E-state index contributed by atoms with van der Waals surface area (Å²) in [6.07, 6.45) is 0. The predicted octanol–water partition coefficient (Wildman–Crippen LogP) is 2.70. The third-order valence-electron chi connectivity index (χ3n) is 6.96. The van der Waals surface area contributed by atoms with Crippen LogP contribution in [0.2, 0.25) is 0 Å². The first kappa shape index (κ1) is 26.7. The molecule has 4 aromatic carbocycles. The Kier molecular flexibility index (Phi) is 8.82. The maximum atomic E-state index is 12.8. The molecule has 5 rings (SSSR count). The number of morpholine rings is 1. The molecule has 4 nitrogen and oxygen atoms in total. The van der Waals surface area contributed by atoms with Crippen molar-refractivity contribution < 1.29 is 35.8 Å². The number of benzene rings is 4. The molecule has 1 saturated heterocycles. The molecule has 0 N–H and O–H groups in total. The molecule has 0 unspecified atom stereocenters. The largest absolute Gasteiger partial charge is 1.00 e. The highest BCUT2D eigenvalue weighted by atomic mass is 79.9. The van der Waals surface area contributed by atoms with Crippen molar-refractivity contribution in [3.8, 4) is 0 Å². The van der Waals surface area contributed by atoms with Crippen LogP contribution in [0.25, 0.3) is 0 Å². The highest BCUT2D eigenvalue weighted by Crippen LogP contribution is 2.23. The minimum absolute atomic E-state index is 0. The van der Waals surface area contributed by atoms with Crippen molar-refractivity contribution in [2.45, 2.75) is 13.1 Å². The van der Waals surface area contributed by atoms with Gasteiger partial charge in [0.1, 0.15) is 26.2 Å². The Morgan fingerprint density at radius 2 is 0.892 bits per heavy atom. The summed E-state index contributed by atoms with van der Waals surface area (Å²) in [5, 5.41) is 0. The molecule has 0 amide bonds. The SMILES string of the molecule is O=C(c1ccccc1)c1ccc(C[N+]2(Cc3ccc(C(=O)c4ccccc4)cc3)CCOCC2)cc1.[Br-]. The lowest BCUT2D eigenvalue weighted by molar-refractivity contribution is -0.960. The van der Waals surface area contributed by atoms with Crippen molar-refractivity contribution in [1.82, 2.24) is 0 Å². The summed E-state index contributed by atoms with van der Waals surface area (Å²) in [5.74, 6) is 0.0881. The first-order valence-electron chi connectivity index (χ1n) is 12.4. The molecule has 4 aromatic rings. The van der Waals surface area contributed by atoms with Crippen LogP contribution in [0.1, 0.15) is 43.0 Å². The first-order valence-corrected chi connectivity index (χ1v) is 12.4. The molecule has 1 aliphatic rings. The summed E-state index contributed by atoms with van der Waals surface area (Å²) >= 11 is 0. The van der Waals surface area contributed by atoms with Gasteiger partial charge >= 0.3 is 0 Å². The summed E-state index contributed by atoms with van der Waals surface area (Å²) in [6, 6.07) is 34.8. The van der Waals surface area contributed by atoms with Gasteiger partial charge in [0, 0.05) is 33.4 Å². The number of carbonyl (C=O) groups is 2. The van der Waals surface area contributed by atoms with Gasteiger partial charge in [0.15, 0.2) is 11.6 Å². The number of nitrogens with zero attached hydrogens (tertiary/aromatic N) is 1. The molecule has 0 bridgehead atoms. The Balaban J connectivity index is 0.00000320. The van der Waals surface area contributed by atoms with Gasteiger partial charge in [0.25, 0.3) is 0 Å². The monoisotopic (exact) mass is 555 g/mol. The lowest BCUT2D eigenvalue weighted by Gasteiger charge is -2.41. The van der Waals surface area contributed by atoms with E-state index >= 15 is 0 Å². The van der Waals surface area contributed by atoms with Crippen molar-refractivity contribution in [3.05, 3.63) is 143 Å². The quantitative estimate of drug-likeness (QED) is 0.248. The molecule has 0 atom stereocenters. The normalized spacial score (nSPS) is 14.4. The third kappa shape index (κ3) is 6.50. The van der Waals surface area contributed by atoms with Gasteiger partial charge in [-0.3, -0.25) is 9.59 Å². The fourth-order valence-corrected chi connectivity index (χ4v) is 4.91. The zero-order valence-electron chi connectivity index (χ0n) is 20.7. The molecule has 0 saturated carbocycles. The van der Waals surface area contributed by atoms with Crippen molar-refractivity contribution in [3.63, 3.8) is 0 Å². The molecule has 5 heteroatoms. The Labute approximate surface area is 228 Å². The number of hydrogen-bond donors (Lipinski definition) is 0. The maximum absolute atomic E-state index is 12.8. The second-order valence-electron chi connectivity index (χ2n) is 9.50. The Morgan fingerprint density at radius 3 is 1.27 bits per heavy atom. The zero-order chi connectivity index (χ0) is 24.8. The van der Waals surface area contributed by atoms with E-state index in [-0.39, 0.29) is 28.5 Å². The number of rotatable bonds is 8. The van der Waals surface area contributed by atoms with Crippen LogP contribution >= 0.6 is 0 Å². The van der Waals surface area contributed by atoms with Crippen molar-refractivity contribution in [2.75, 3.05) is 26.3 Å². The van der Waals surface area contributed by atoms with E-state index in [0.717, 1.165) is 43.9 Å². The fourth-order valence-electron chi connectivity index (χ4n) is 4.91. The number of halogens is 1. The molecule has 37 heavy (non-hydrogen) atoms. The van der Waals surface area contributed by atoms with Crippen molar-refractivity contribution in [2.24, 2.45) is 0 Å². The zero-order valence-corrected chi connectivity index (χ0v) is 22.3. The Hall–Kier alpha value is -3.38. The summed E-state index contributed by atoms with van der Waals surface area (Å²) in [7, 11) is 0. The van der Waals surface area contributed by atoms with Crippen LogP contribution in [0.15, 0.2) is 109 Å². The summed E-state index contributed by atoms with van der Waals surface area (Å²) in [5.41, 5.74) is 5.23. The average Bonchev–Trinajstić information content (AvgIpc) is 2.94. The van der Waals surface area contributed by atoms with E-state index in [1.165, 1.54) is 11.1 Å². The molecule has 188 valence electrons. The first-order chi connectivity index (χ1) is 17.6. The molecule has 0 aliphatic carbocycles. The predicted molar refractivity (Wildman–Crippen MR) is 141 cm³/mol. The minimum Gasteiger partial charge on any atom is -1.00 e. The van der Waals surface area contributed by atoms with Gasteiger partial charge in [-0.1, -0.05) is 109 Å². The van der Waals surface area contributed by atoms with E-state index < -0.39 is 0 Å². The maximum Gasteiger partial charge on any atom is 0.193 e. The van der Waals surface area contributed by atoms with Gasteiger partial charge < -0.3 is 26.2 Å². The molecule has 0 aromatic heterocycles. The van der Waals surface area contributed by atoms with Gasteiger partial charge in [-0.25, -0.2) is 0 Å². The van der Waals surface area contributed by atoms with Crippen molar-refractivity contribution >= 4 is 11.6 Å². The molecule has 0 radical (unpaired) electrons. The van der Waals surface area contributed by atoms with Gasteiger partial charge in [-0.2, -0.15) is 0 Å². The molecule has 0 spiro atoms. The van der Waals surface area contributed by atoms with Crippen LogP contribution in [0.4, 0.5) is 0 Å². The number of ketones is 2. The van der Waals surface area contributed by atoms with Gasteiger partial charge in [-0.05, 0) is 0 Å². The van der Waals surface area contributed by atoms with Crippen LogP contribution in [-0.4, -0.2) is 42.4 Å². The van der Waals surface area contributed by atoms with E-state index in [2.05, 4.69) is 24.3 Å². The summed E-state index contributed by atoms with van der Waals surface area (Å²) in [4.78, 5) is 25.5. The van der Waals surface area contributed by atoms with Crippen LogP contribution in [0.3, 0.4) is 0 Å². The topological polar surface area (TPSA) is 43.4 Å². The molecule has 1 heterocycles. The molecular weight excluding hydrogens is 526 g/mol. The van der Waals surface area contributed by atoms with Crippen LogP contribution in [0, 0.1) is 0 Å². The minimum atomic E-state index is 0. The van der Waals surface area contributed by atoms with Gasteiger partial charge in [0.2, 0.25) is 0 Å². The third-order valence-corrected chi connectivity index (χ3v) is 6.96. The number of hydrogen-bond acceptors (Lipinski definition) is 3. The molecule has 1 fully saturated rings. The van der Waals surface area contributed by atoms with E-state index in [1.807, 2.05) is 84.9 Å². The Morgan fingerprint density at radius 1 is 0.541 bits per heavy atom. The second kappa shape index (κ2) is 12.2. The summed E-state index contributed by atoms with van der Waals surface area (Å²) in [6.45, 7) is 5.05. The number of quaternary nitrogens is 1. The standard InChI is InChI=1S/C32H30NO3.BrH/c34-31(27-7-3-1-4-8-27)29-15-11-25(12-16-29)23-33(19-21-36-22-20-33)24-26-13-17-30(18-14-26)32(35)28-9-5-2-6-10-28;/h1-18H,19-24H2;1H/q+1;/p-1. The van der Waals surface area contributed by atoms with Gasteiger partial charge in [-0.15, -0.1) is 0 Å². The molecule has 1 aliphatic heterocycles. The lowest BCUT2D eigenvalue weighted by Crippen LogP contribution is -3.00. The van der Waals surface area contributed by atoms with E-state index in [4.69, 9.17) is 4.74 Å². The summed E-state index contributed by atoms with van der Waals surface area (Å²) < 4.78 is 6.58. The highest BCUT2D eigenvalue weighted by Gasteiger charge is 2.31. The highest BCUT2D eigenvalue weighted by molar-refractivity contribution is 6.09. The lowest BCUT2D eigenvalue weighted by atomic mass is 10.0. The van der Waals surface area contributed by atoms with E-state index in [9.17, 15) is 9.59 Å². The fraction of sp³-hybridized carbons (Fsp3) is 0.188. The van der Waals surface area contributed by atoms with E-state index in [0.29, 0.717) is 22.3 Å². The van der Waals surface area contributed by atoms with Crippen LogP contribution < -0.4 is 17.0 Å². The number of carbonyl (C=O) groups excluding carboxylic acids is 2.